The summed E-state index contributed by atoms with van der Waals surface area (Å²) in [5.41, 5.74) is 0. The number of hydrogen-bond donors (Lipinski definition) is 0. The van der Waals surface area contributed by atoms with Gasteiger partial charge in [-0.25, -0.2) is 0 Å². The Bertz CT molecular complexity index is 70.1. The molecule has 7 heavy (non-hydrogen) atoms. The molecule has 0 saturated heterocycles. The van der Waals surface area contributed by atoms with Crippen molar-refractivity contribution in [1.29, 1.82) is 0 Å². The van der Waals surface area contributed by atoms with Gasteiger partial charge in [-0.15, -0.1) is 0 Å². The topological polar surface area (TPSA) is 26.3 Å². The number of hydrogen-bond acceptors (Lipinski definition) is 2. The van der Waals surface area contributed by atoms with Gasteiger partial charge in [-0.3, -0.25) is 4.79 Å². The molecule has 0 aliphatic carbocycles. The molecule has 0 spiro atoms. The monoisotopic (exact) mass is 296 g/mol. The van der Waals surface area contributed by atoms with Crippen LogP contribution in [-0.4, -0.2) is 33.3 Å². The Balaban J connectivity index is 0. The molecule has 40 valence electrons. The molecule has 0 bridgehead atoms. The van der Waals surface area contributed by atoms with Crippen LogP contribution < -0.4 is 0 Å². The summed E-state index contributed by atoms with van der Waals surface area (Å²) in [6.07, 6.45) is 1.10. The second-order valence-electron chi connectivity index (χ2n) is 0.776. The zero-order chi connectivity index (χ0) is 4.99. The van der Waals surface area contributed by atoms with Crippen molar-refractivity contribution in [3.05, 3.63) is 12.8 Å². The third-order valence-electron chi connectivity index (χ3n) is 0.249. The Hall–Kier alpha value is 0.132. The van der Waals surface area contributed by atoms with E-state index in [1.54, 1.807) is 0 Å². The fourth-order valence-corrected chi connectivity index (χ4v) is 0.117. The van der Waals surface area contributed by atoms with Gasteiger partial charge >= 0.3 is 33.3 Å². The molecule has 0 saturated carbocycles. The van der Waals surface area contributed by atoms with Crippen LogP contribution in [0.5, 0.6) is 0 Å². The second-order valence-corrected chi connectivity index (χ2v) is 0.776. The predicted molar refractivity (Wildman–Crippen MR) is 30.5 cm³/mol. The minimum atomic E-state index is -0.329. The molecular weight excluding hydrogens is 287 g/mol. The molecule has 0 aromatic carbocycles. The number of rotatable bonds is 1. The van der Waals surface area contributed by atoms with Crippen LogP contribution in [0.3, 0.4) is 0 Å². The SMILES string of the molecule is C=COC(C)=O.[PbH2]. The van der Waals surface area contributed by atoms with Gasteiger partial charge in [0.1, 0.15) is 0 Å². The van der Waals surface area contributed by atoms with E-state index in [2.05, 4.69) is 11.3 Å². The fourth-order valence-electron chi connectivity index (χ4n) is 0.117. The van der Waals surface area contributed by atoms with Crippen molar-refractivity contribution >= 4 is 33.3 Å². The molecule has 0 aliphatic rings. The Labute approximate surface area is 62.7 Å². The second kappa shape index (κ2) is 6.13. The predicted octanol–water partition coefficient (Wildman–Crippen LogP) is -0.223. The van der Waals surface area contributed by atoms with Gasteiger partial charge in [0, 0.05) is 6.92 Å². The van der Waals surface area contributed by atoms with Crippen molar-refractivity contribution in [2.75, 3.05) is 0 Å². The summed E-state index contributed by atoms with van der Waals surface area (Å²) in [6, 6.07) is 0. The first-order chi connectivity index (χ1) is 2.77. The fraction of sp³-hybridized carbons (Fsp3) is 0.250. The first-order valence-corrected chi connectivity index (χ1v) is 1.55. The van der Waals surface area contributed by atoms with E-state index >= 15 is 0 Å². The molecular formula is C4H8O2Pb. The van der Waals surface area contributed by atoms with E-state index in [-0.39, 0.29) is 33.3 Å². The van der Waals surface area contributed by atoms with E-state index in [0.717, 1.165) is 6.26 Å². The van der Waals surface area contributed by atoms with E-state index in [1.165, 1.54) is 6.92 Å². The van der Waals surface area contributed by atoms with Crippen LogP contribution in [0.25, 0.3) is 0 Å². The molecule has 0 rings (SSSR count). The molecule has 3 heteroatoms. The van der Waals surface area contributed by atoms with E-state index in [1.807, 2.05) is 0 Å². The van der Waals surface area contributed by atoms with Crippen molar-refractivity contribution in [3.8, 4) is 0 Å². The number of carbonyl (C=O) groups is 1. The van der Waals surface area contributed by atoms with E-state index in [4.69, 9.17) is 0 Å². The standard InChI is InChI=1S/C4H6O2.Pb.2H/c1-3-6-4(2)5;;;/h3H,1H2,2H3;;;. The average Bonchev–Trinajstić information content (AvgIpc) is 1.35. The summed E-state index contributed by atoms with van der Waals surface area (Å²) >= 11 is 0. The van der Waals surface area contributed by atoms with Crippen molar-refractivity contribution in [2.45, 2.75) is 6.92 Å². The molecule has 0 aromatic rings. The Kier molecular flexibility index (Phi) is 8.92. The first-order valence-electron chi connectivity index (χ1n) is 1.55. The molecule has 0 atom stereocenters. The van der Waals surface area contributed by atoms with Crippen LogP contribution >= 0.6 is 0 Å². The van der Waals surface area contributed by atoms with Crippen LogP contribution in [0.4, 0.5) is 0 Å². The molecule has 0 fully saturated rings. The molecule has 0 unspecified atom stereocenters. The van der Waals surface area contributed by atoms with Crippen LogP contribution in [0.2, 0.25) is 0 Å². The van der Waals surface area contributed by atoms with Gasteiger partial charge in [-0.2, -0.15) is 0 Å². The Morgan fingerprint density at radius 3 is 2.29 bits per heavy atom. The van der Waals surface area contributed by atoms with Gasteiger partial charge in [-0.1, -0.05) is 6.58 Å². The summed E-state index contributed by atoms with van der Waals surface area (Å²) in [4.78, 5) is 9.75. The van der Waals surface area contributed by atoms with Gasteiger partial charge < -0.3 is 4.74 Å². The summed E-state index contributed by atoms with van der Waals surface area (Å²) in [5.74, 6) is -0.329. The molecule has 0 amide bonds. The van der Waals surface area contributed by atoms with E-state index < -0.39 is 0 Å². The maximum absolute atomic E-state index is 9.75. The van der Waals surface area contributed by atoms with Crippen LogP contribution in [-0.2, 0) is 9.53 Å². The van der Waals surface area contributed by atoms with E-state index in [0.29, 0.717) is 0 Å². The van der Waals surface area contributed by atoms with Crippen molar-refractivity contribution < 1.29 is 9.53 Å². The zero-order valence-corrected chi connectivity index (χ0v) is 9.81. The summed E-state index contributed by atoms with van der Waals surface area (Å²) < 4.78 is 4.17. The zero-order valence-electron chi connectivity index (χ0n) is 4.31. The van der Waals surface area contributed by atoms with Crippen LogP contribution in [0.15, 0.2) is 12.8 Å². The molecule has 2 nitrogen and oxygen atoms in total. The molecule has 0 aromatic heterocycles. The van der Waals surface area contributed by atoms with Crippen molar-refractivity contribution in [1.82, 2.24) is 0 Å². The first kappa shape index (κ1) is 10.2. The van der Waals surface area contributed by atoms with E-state index in [9.17, 15) is 4.79 Å². The molecule has 0 aliphatic heterocycles. The summed E-state index contributed by atoms with van der Waals surface area (Å²) in [6.45, 7) is 4.48. The minimum absolute atomic E-state index is 0. The third-order valence-corrected chi connectivity index (χ3v) is 0.249. The van der Waals surface area contributed by atoms with Gasteiger partial charge in [0.25, 0.3) is 0 Å². The Morgan fingerprint density at radius 2 is 2.29 bits per heavy atom. The maximum atomic E-state index is 9.75. The summed E-state index contributed by atoms with van der Waals surface area (Å²) in [7, 11) is 0. The van der Waals surface area contributed by atoms with Gasteiger partial charge in [0.05, 0.1) is 6.26 Å². The molecule has 0 N–H and O–H groups in total. The van der Waals surface area contributed by atoms with Gasteiger partial charge in [0.15, 0.2) is 0 Å². The molecule has 2 radical (unpaired) electrons. The van der Waals surface area contributed by atoms with Crippen LogP contribution in [0, 0.1) is 0 Å². The average molecular weight is 295 g/mol. The Morgan fingerprint density at radius 1 is 1.86 bits per heavy atom. The number of ether oxygens (including phenoxy) is 1. The van der Waals surface area contributed by atoms with Crippen molar-refractivity contribution in [2.24, 2.45) is 0 Å². The third kappa shape index (κ3) is 10.7. The molecule has 0 heterocycles. The van der Waals surface area contributed by atoms with Gasteiger partial charge in [-0.05, 0) is 0 Å². The van der Waals surface area contributed by atoms with Crippen molar-refractivity contribution in [3.63, 3.8) is 0 Å². The quantitative estimate of drug-likeness (QED) is 0.380. The van der Waals surface area contributed by atoms with Gasteiger partial charge in [0.2, 0.25) is 0 Å². The number of esters is 1. The summed E-state index contributed by atoms with van der Waals surface area (Å²) in [5, 5.41) is 0. The number of carbonyl (C=O) groups excluding carboxylic acids is 1. The van der Waals surface area contributed by atoms with Crippen LogP contribution in [0.1, 0.15) is 6.92 Å². The normalized spacial score (nSPS) is 5.86.